The molecule has 1 saturated heterocycles. The maximum absolute atomic E-state index is 11.9. The molecule has 0 bridgehead atoms. The number of hydrogen-bond donors (Lipinski definition) is 2. The van der Waals surface area contributed by atoms with Gasteiger partial charge in [-0.05, 0) is 31.6 Å². The topological polar surface area (TPSA) is 69.6 Å². The van der Waals surface area contributed by atoms with Crippen molar-refractivity contribution in [2.75, 3.05) is 19.6 Å². The van der Waals surface area contributed by atoms with Gasteiger partial charge in [0.15, 0.2) is 0 Å². The maximum atomic E-state index is 11.9. The predicted octanol–water partition coefficient (Wildman–Crippen LogP) is 1.69. The SMILES string of the molecule is C#CCCCNC(=O)N1CCCC(CCC(=O)O)C1. The van der Waals surface area contributed by atoms with Gasteiger partial charge in [0.25, 0.3) is 0 Å². The van der Waals surface area contributed by atoms with Crippen LogP contribution in [0.1, 0.15) is 38.5 Å². The number of carboxylic acid groups (broad SMARTS) is 1. The van der Waals surface area contributed by atoms with Crippen LogP contribution in [0.3, 0.4) is 0 Å². The molecule has 1 atom stereocenters. The molecule has 106 valence electrons. The third-order valence-electron chi connectivity index (χ3n) is 3.35. The van der Waals surface area contributed by atoms with Gasteiger partial charge >= 0.3 is 12.0 Å². The Bertz CT molecular complexity index is 349. The van der Waals surface area contributed by atoms with Gasteiger partial charge in [0.1, 0.15) is 0 Å². The van der Waals surface area contributed by atoms with Crippen LogP contribution >= 0.6 is 0 Å². The van der Waals surface area contributed by atoms with Gasteiger partial charge in [0.2, 0.25) is 0 Å². The normalized spacial score (nSPS) is 18.7. The van der Waals surface area contributed by atoms with E-state index in [1.807, 2.05) is 0 Å². The number of nitrogens with zero attached hydrogens (tertiary/aromatic N) is 1. The summed E-state index contributed by atoms with van der Waals surface area (Å²) in [6.45, 7) is 2.01. The number of hydrogen-bond acceptors (Lipinski definition) is 2. The van der Waals surface area contributed by atoms with E-state index >= 15 is 0 Å². The summed E-state index contributed by atoms with van der Waals surface area (Å²) in [5.41, 5.74) is 0. The first-order valence-electron chi connectivity index (χ1n) is 6.81. The Morgan fingerprint density at radius 1 is 1.47 bits per heavy atom. The number of aliphatic carboxylic acids is 1. The average Bonchev–Trinajstić information content (AvgIpc) is 2.41. The average molecular weight is 266 g/mol. The lowest BCUT2D eigenvalue weighted by atomic mass is 9.93. The fourth-order valence-electron chi connectivity index (χ4n) is 2.31. The lowest BCUT2D eigenvalue weighted by Crippen LogP contribution is -2.45. The molecule has 0 aromatic carbocycles. The van der Waals surface area contributed by atoms with E-state index in [-0.39, 0.29) is 12.5 Å². The molecule has 1 rings (SSSR count). The van der Waals surface area contributed by atoms with E-state index in [2.05, 4.69) is 11.2 Å². The first kappa shape index (κ1) is 15.4. The maximum Gasteiger partial charge on any atom is 0.317 e. The summed E-state index contributed by atoms with van der Waals surface area (Å²) in [5.74, 6) is 2.07. The second-order valence-electron chi connectivity index (χ2n) is 4.93. The Labute approximate surface area is 114 Å². The van der Waals surface area contributed by atoms with Crippen molar-refractivity contribution in [1.29, 1.82) is 0 Å². The number of carboxylic acids is 1. The second-order valence-corrected chi connectivity index (χ2v) is 4.93. The van der Waals surface area contributed by atoms with E-state index in [9.17, 15) is 9.59 Å². The third kappa shape index (κ3) is 6.14. The van der Waals surface area contributed by atoms with E-state index in [1.54, 1.807) is 4.90 Å². The van der Waals surface area contributed by atoms with E-state index in [0.717, 1.165) is 25.8 Å². The Kier molecular flexibility index (Phi) is 6.80. The van der Waals surface area contributed by atoms with Crippen LogP contribution in [0.15, 0.2) is 0 Å². The van der Waals surface area contributed by atoms with Crippen molar-refractivity contribution in [3.05, 3.63) is 0 Å². The van der Waals surface area contributed by atoms with Gasteiger partial charge in [-0.1, -0.05) is 0 Å². The van der Waals surface area contributed by atoms with Crippen molar-refractivity contribution < 1.29 is 14.7 Å². The predicted molar refractivity (Wildman–Crippen MR) is 72.6 cm³/mol. The third-order valence-corrected chi connectivity index (χ3v) is 3.35. The summed E-state index contributed by atoms with van der Waals surface area (Å²) in [4.78, 5) is 24.2. The Hall–Kier alpha value is -1.70. The minimum Gasteiger partial charge on any atom is -0.481 e. The van der Waals surface area contributed by atoms with Crippen LogP contribution in [0.4, 0.5) is 4.79 Å². The van der Waals surface area contributed by atoms with Crippen LogP contribution in [0, 0.1) is 18.3 Å². The van der Waals surface area contributed by atoms with Gasteiger partial charge in [0, 0.05) is 32.5 Å². The van der Waals surface area contributed by atoms with Gasteiger partial charge in [-0.2, -0.15) is 0 Å². The van der Waals surface area contributed by atoms with Crippen LogP contribution in [-0.4, -0.2) is 41.6 Å². The highest BCUT2D eigenvalue weighted by molar-refractivity contribution is 5.74. The monoisotopic (exact) mass is 266 g/mol. The van der Waals surface area contributed by atoms with E-state index in [4.69, 9.17) is 11.5 Å². The van der Waals surface area contributed by atoms with Crippen LogP contribution in [0.25, 0.3) is 0 Å². The summed E-state index contributed by atoms with van der Waals surface area (Å²) < 4.78 is 0. The number of nitrogens with one attached hydrogen (secondary N) is 1. The molecule has 0 saturated carbocycles. The molecule has 0 aromatic rings. The van der Waals surface area contributed by atoms with Crippen molar-refractivity contribution in [3.8, 4) is 12.3 Å². The van der Waals surface area contributed by atoms with Crippen molar-refractivity contribution >= 4 is 12.0 Å². The fraction of sp³-hybridized carbons (Fsp3) is 0.714. The van der Waals surface area contributed by atoms with E-state index in [1.165, 1.54) is 0 Å². The highest BCUT2D eigenvalue weighted by Crippen LogP contribution is 2.20. The number of unbranched alkanes of at least 4 members (excludes halogenated alkanes) is 1. The highest BCUT2D eigenvalue weighted by Gasteiger charge is 2.23. The van der Waals surface area contributed by atoms with Crippen molar-refractivity contribution in [1.82, 2.24) is 10.2 Å². The summed E-state index contributed by atoms with van der Waals surface area (Å²) in [5, 5.41) is 11.5. The largest absolute Gasteiger partial charge is 0.481 e. The standard InChI is InChI=1S/C14H22N2O3/c1-2-3-4-9-15-14(19)16-10-5-6-12(11-16)7-8-13(17)18/h1,12H,3-11H2,(H,15,19)(H,17,18). The number of terminal acetylenes is 1. The molecule has 2 amide bonds. The number of urea groups is 1. The van der Waals surface area contributed by atoms with Gasteiger partial charge < -0.3 is 15.3 Å². The summed E-state index contributed by atoms with van der Waals surface area (Å²) >= 11 is 0. The Morgan fingerprint density at radius 3 is 2.95 bits per heavy atom. The van der Waals surface area contributed by atoms with Crippen molar-refractivity contribution in [2.45, 2.75) is 38.5 Å². The Balaban J connectivity index is 2.27. The number of piperidine rings is 1. The van der Waals surface area contributed by atoms with Crippen LogP contribution < -0.4 is 5.32 Å². The van der Waals surface area contributed by atoms with Crippen LogP contribution in [0.5, 0.6) is 0 Å². The van der Waals surface area contributed by atoms with E-state index in [0.29, 0.717) is 31.8 Å². The molecule has 5 nitrogen and oxygen atoms in total. The molecule has 2 N–H and O–H groups in total. The molecule has 1 aliphatic heterocycles. The minimum absolute atomic E-state index is 0.0583. The number of likely N-dealkylation sites (tertiary alicyclic amines) is 1. The van der Waals surface area contributed by atoms with Crippen molar-refractivity contribution in [3.63, 3.8) is 0 Å². The zero-order valence-electron chi connectivity index (χ0n) is 11.2. The molecule has 1 aliphatic rings. The molecule has 19 heavy (non-hydrogen) atoms. The molecular weight excluding hydrogens is 244 g/mol. The van der Waals surface area contributed by atoms with Gasteiger partial charge in [0.05, 0.1) is 0 Å². The molecule has 0 aromatic heterocycles. The minimum atomic E-state index is -0.768. The molecule has 1 unspecified atom stereocenters. The van der Waals surface area contributed by atoms with E-state index < -0.39 is 5.97 Å². The van der Waals surface area contributed by atoms with Crippen LogP contribution in [-0.2, 0) is 4.79 Å². The number of amides is 2. The number of carbonyl (C=O) groups is 2. The molecule has 0 aliphatic carbocycles. The molecule has 5 heteroatoms. The molecule has 1 heterocycles. The molecule has 0 spiro atoms. The summed E-state index contributed by atoms with van der Waals surface area (Å²) in [6, 6.07) is -0.0583. The zero-order chi connectivity index (χ0) is 14.1. The lowest BCUT2D eigenvalue weighted by molar-refractivity contribution is -0.137. The molecule has 1 fully saturated rings. The smallest absolute Gasteiger partial charge is 0.317 e. The first-order chi connectivity index (χ1) is 9.13. The number of carbonyl (C=O) groups excluding carboxylic acids is 1. The summed E-state index contributed by atoms with van der Waals surface area (Å²) in [7, 11) is 0. The fourth-order valence-corrected chi connectivity index (χ4v) is 2.31. The Morgan fingerprint density at radius 2 is 2.26 bits per heavy atom. The van der Waals surface area contributed by atoms with Gasteiger partial charge in [-0.15, -0.1) is 12.3 Å². The zero-order valence-corrected chi connectivity index (χ0v) is 11.2. The van der Waals surface area contributed by atoms with Crippen LogP contribution in [0.2, 0.25) is 0 Å². The molecular formula is C14H22N2O3. The quantitative estimate of drug-likeness (QED) is 0.567. The van der Waals surface area contributed by atoms with Gasteiger partial charge in [-0.3, -0.25) is 4.79 Å². The highest BCUT2D eigenvalue weighted by atomic mass is 16.4. The van der Waals surface area contributed by atoms with Gasteiger partial charge in [-0.25, -0.2) is 4.79 Å². The second kappa shape index (κ2) is 8.41. The number of rotatable bonds is 6. The van der Waals surface area contributed by atoms with Crippen molar-refractivity contribution in [2.24, 2.45) is 5.92 Å². The first-order valence-corrected chi connectivity index (χ1v) is 6.81. The summed E-state index contributed by atoms with van der Waals surface area (Å²) in [6.07, 6.45) is 9.39. The lowest BCUT2D eigenvalue weighted by Gasteiger charge is -2.32. The molecule has 0 radical (unpaired) electrons.